The summed E-state index contributed by atoms with van der Waals surface area (Å²) in [4.78, 5) is 31.0. The predicted molar refractivity (Wildman–Crippen MR) is 101 cm³/mol. The minimum absolute atomic E-state index is 0.330. The quantitative estimate of drug-likeness (QED) is 0.608. The molecule has 1 atom stereocenters. The summed E-state index contributed by atoms with van der Waals surface area (Å²) in [7, 11) is 1.57. The Bertz CT molecular complexity index is 1040. The first-order valence-electron chi connectivity index (χ1n) is 7.61. The highest BCUT2D eigenvalue weighted by atomic mass is 79.9. The molecule has 2 N–H and O–H groups in total. The molecule has 0 radical (unpaired) electrons. The molecular formula is C16H17BrN4O3S. The molecule has 0 saturated carbocycles. The fraction of sp³-hybridized carbons (Fsp3) is 0.312. The van der Waals surface area contributed by atoms with E-state index in [9.17, 15) is 14.7 Å². The second-order valence-electron chi connectivity index (χ2n) is 5.76. The third-order valence-electron chi connectivity index (χ3n) is 3.66. The molecule has 1 aromatic carbocycles. The minimum Gasteiger partial charge on any atom is -0.393 e. The first kappa shape index (κ1) is 18.0. The molecule has 0 aliphatic carbocycles. The maximum absolute atomic E-state index is 12.4. The van der Waals surface area contributed by atoms with Crippen molar-refractivity contribution < 1.29 is 5.11 Å². The standard InChI is InChI=1S/C16H17BrN4O3S/c1-9(22)8-25-16-18-13-12(14(23)19-15(24)20(13)2)21(16)7-10-4-3-5-11(17)6-10/h3-6,9,22H,7-8H2,1-2H3,(H,19,23,24)/t9-/m0/s1. The van der Waals surface area contributed by atoms with Crippen molar-refractivity contribution in [3.63, 3.8) is 0 Å². The van der Waals surface area contributed by atoms with Crippen LogP contribution in [0.3, 0.4) is 0 Å². The van der Waals surface area contributed by atoms with Gasteiger partial charge in [0.15, 0.2) is 16.3 Å². The van der Waals surface area contributed by atoms with Crippen LogP contribution in [0.1, 0.15) is 12.5 Å². The van der Waals surface area contributed by atoms with Crippen molar-refractivity contribution in [2.24, 2.45) is 7.05 Å². The second kappa shape index (κ2) is 7.19. The smallest absolute Gasteiger partial charge is 0.329 e. The molecule has 2 aromatic heterocycles. The zero-order valence-electron chi connectivity index (χ0n) is 13.7. The Labute approximate surface area is 155 Å². The van der Waals surface area contributed by atoms with Crippen LogP contribution in [-0.2, 0) is 13.6 Å². The molecule has 0 aliphatic rings. The van der Waals surface area contributed by atoms with Crippen LogP contribution >= 0.6 is 27.7 Å². The van der Waals surface area contributed by atoms with Crippen LogP contribution in [0.25, 0.3) is 11.2 Å². The highest BCUT2D eigenvalue weighted by Crippen LogP contribution is 2.24. The molecule has 132 valence electrons. The van der Waals surface area contributed by atoms with Gasteiger partial charge in [0.2, 0.25) is 0 Å². The Balaban J connectivity index is 2.18. The topological polar surface area (TPSA) is 92.9 Å². The normalized spacial score (nSPS) is 12.6. The molecule has 0 bridgehead atoms. The lowest BCUT2D eigenvalue weighted by Gasteiger charge is -2.10. The number of aryl methyl sites for hydroxylation is 1. The number of aromatic amines is 1. The Hall–Kier alpha value is -1.84. The van der Waals surface area contributed by atoms with Gasteiger partial charge in [0.05, 0.1) is 12.6 Å². The summed E-state index contributed by atoms with van der Waals surface area (Å²) in [6.07, 6.45) is -0.508. The van der Waals surface area contributed by atoms with Crippen LogP contribution in [0.5, 0.6) is 0 Å². The first-order valence-corrected chi connectivity index (χ1v) is 9.39. The Kier molecular flexibility index (Phi) is 5.16. The van der Waals surface area contributed by atoms with Gasteiger partial charge in [-0.15, -0.1) is 0 Å². The van der Waals surface area contributed by atoms with Crippen molar-refractivity contribution >= 4 is 38.9 Å². The van der Waals surface area contributed by atoms with Crippen LogP contribution in [0.4, 0.5) is 0 Å². The van der Waals surface area contributed by atoms with Crippen molar-refractivity contribution in [1.82, 2.24) is 19.1 Å². The molecular weight excluding hydrogens is 408 g/mol. The van der Waals surface area contributed by atoms with E-state index in [1.54, 1.807) is 18.5 Å². The van der Waals surface area contributed by atoms with Crippen LogP contribution in [-0.4, -0.2) is 36.1 Å². The van der Waals surface area contributed by atoms with Gasteiger partial charge in [-0.3, -0.25) is 14.3 Å². The molecule has 0 fully saturated rings. The van der Waals surface area contributed by atoms with Gasteiger partial charge < -0.3 is 9.67 Å². The summed E-state index contributed by atoms with van der Waals surface area (Å²) in [5.41, 5.74) is 0.689. The Morgan fingerprint density at radius 3 is 2.84 bits per heavy atom. The number of nitrogens with zero attached hydrogens (tertiary/aromatic N) is 3. The molecule has 0 saturated heterocycles. The molecule has 3 aromatic rings. The largest absolute Gasteiger partial charge is 0.393 e. The highest BCUT2D eigenvalue weighted by Gasteiger charge is 2.18. The number of aromatic nitrogens is 4. The average Bonchev–Trinajstić information content (AvgIpc) is 2.90. The van der Waals surface area contributed by atoms with Crippen molar-refractivity contribution in [1.29, 1.82) is 0 Å². The van der Waals surface area contributed by atoms with Gasteiger partial charge in [0.1, 0.15) is 0 Å². The van der Waals surface area contributed by atoms with Crippen molar-refractivity contribution in [2.45, 2.75) is 24.7 Å². The summed E-state index contributed by atoms with van der Waals surface area (Å²) < 4.78 is 4.04. The number of hydrogen-bond donors (Lipinski definition) is 2. The molecule has 0 unspecified atom stereocenters. The zero-order chi connectivity index (χ0) is 18.1. The summed E-state index contributed by atoms with van der Waals surface area (Å²) in [5, 5.41) is 10.2. The molecule has 0 aliphatic heterocycles. The summed E-state index contributed by atoms with van der Waals surface area (Å²) in [6.45, 7) is 2.12. The fourth-order valence-corrected chi connectivity index (χ4v) is 3.78. The third-order valence-corrected chi connectivity index (χ3v) is 5.37. The number of halogens is 1. The molecule has 0 amide bonds. The number of nitrogens with one attached hydrogen (secondary N) is 1. The summed E-state index contributed by atoms with van der Waals surface area (Å²) in [5.74, 6) is 0.438. The van der Waals surface area contributed by atoms with Crippen molar-refractivity contribution in [3.05, 3.63) is 55.1 Å². The lowest BCUT2D eigenvalue weighted by atomic mass is 10.2. The zero-order valence-corrected chi connectivity index (χ0v) is 16.1. The predicted octanol–water partition coefficient (Wildman–Crippen LogP) is 1.71. The number of aliphatic hydroxyl groups excluding tert-OH is 1. The third kappa shape index (κ3) is 3.73. The van der Waals surface area contributed by atoms with Crippen LogP contribution in [0, 0.1) is 0 Å². The van der Waals surface area contributed by atoms with Gasteiger partial charge in [-0.05, 0) is 24.6 Å². The number of H-pyrrole nitrogens is 1. The van der Waals surface area contributed by atoms with Crippen LogP contribution in [0.15, 0.2) is 43.5 Å². The van der Waals surface area contributed by atoms with Crippen LogP contribution < -0.4 is 11.2 Å². The van der Waals surface area contributed by atoms with Gasteiger partial charge in [0.25, 0.3) is 5.56 Å². The van der Waals surface area contributed by atoms with Gasteiger partial charge in [0, 0.05) is 17.3 Å². The van der Waals surface area contributed by atoms with E-state index in [1.165, 1.54) is 16.3 Å². The molecule has 9 heteroatoms. The van der Waals surface area contributed by atoms with E-state index in [1.807, 2.05) is 24.3 Å². The number of hydrogen-bond acceptors (Lipinski definition) is 5. The molecule has 3 rings (SSSR count). The number of imidazole rings is 1. The van der Waals surface area contributed by atoms with Crippen LogP contribution in [0.2, 0.25) is 0 Å². The van der Waals surface area contributed by atoms with Gasteiger partial charge in [-0.25, -0.2) is 9.78 Å². The lowest BCUT2D eigenvalue weighted by Crippen LogP contribution is -2.29. The van der Waals surface area contributed by atoms with Gasteiger partial charge >= 0.3 is 5.69 Å². The van der Waals surface area contributed by atoms with E-state index in [-0.39, 0.29) is 0 Å². The van der Waals surface area contributed by atoms with Crippen molar-refractivity contribution in [3.8, 4) is 0 Å². The van der Waals surface area contributed by atoms with E-state index in [0.29, 0.717) is 28.6 Å². The summed E-state index contributed by atoms with van der Waals surface area (Å²) in [6, 6.07) is 7.76. The van der Waals surface area contributed by atoms with E-state index in [2.05, 4.69) is 25.9 Å². The van der Waals surface area contributed by atoms with E-state index < -0.39 is 17.4 Å². The van der Waals surface area contributed by atoms with E-state index in [4.69, 9.17) is 0 Å². The number of benzene rings is 1. The Morgan fingerprint density at radius 2 is 2.16 bits per heavy atom. The highest BCUT2D eigenvalue weighted by molar-refractivity contribution is 9.10. The first-order chi connectivity index (χ1) is 11.9. The minimum atomic E-state index is -0.508. The SMILES string of the molecule is C[C@H](O)CSc1nc2c(c(=O)[nH]c(=O)n2C)n1Cc1cccc(Br)c1. The Morgan fingerprint density at radius 1 is 1.40 bits per heavy atom. The molecule has 7 nitrogen and oxygen atoms in total. The maximum Gasteiger partial charge on any atom is 0.329 e. The second-order valence-corrected chi connectivity index (χ2v) is 7.66. The molecule has 2 heterocycles. The maximum atomic E-state index is 12.4. The number of thioether (sulfide) groups is 1. The number of aliphatic hydroxyl groups is 1. The monoisotopic (exact) mass is 424 g/mol. The lowest BCUT2D eigenvalue weighted by molar-refractivity contribution is 0.220. The van der Waals surface area contributed by atoms with Crippen molar-refractivity contribution in [2.75, 3.05) is 5.75 Å². The molecule has 25 heavy (non-hydrogen) atoms. The van der Waals surface area contributed by atoms with E-state index in [0.717, 1.165) is 10.0 Å². The van der Waals surface area contributed by atoms with E-state index >= 15 is 0 Å². The molecule has 0 spiro atoms. The number of fused-ring (bicyclic) bond motifs is 1. The average molecular weight is 425 g/mol. The summed E-state index contributed by atoms with van der Waals surface area (Å²) >= 11 is 4.79. The van der Waals surface area contributed by atoms with Gasteiger partial charge in [-0.1, -0.05) is 39.8 Å². The number of rotatable bonds is 5. The van der Waals surface area contributed by atoms with Gasteiger partial charge in [-0.2, -0.15) is 0 Å². The fourth-order valence-electron chi connectivity index (χ4n) is 2.48.